The number of nitrogens with zero attached hydrogens (tertiary/aromatic N) is 1. The van der Waals surface area contributed by atoms with E-state index in [0.717, 1.165) is 0 Å². The SMILES string of the molecule is Cc1nc2ccc(C3(C(=O)O)CC3C(=O)O)cc2o1. The summed E-state index contributed by atoms with van der Waals surface area (Å²) in [6.07, 6.45) is 0.107. The van der Waals surface area contributed by atoms with E-state index in [9.17, 15) is 14.7 Å². The number of aliphatic carboxylic acids is 2. The third-order valence-electron chi connectivity index (χ3n) is 3.65. The highest BCUT2D eigenvalue weighted by Crippen LogP contribution is 2.55. The van der Waals surface area contributed by atoms with Gasteiger partial charge < -0.3 is 14.6 Å². The molecule has 0 saturated heterocycles. The molecule has 1 aliphatic carbocycles. The monoisotopic (exact) mass is 261 g/mol. The number of carbonyl (C=O) groups is 2. The zero-order valence-corrected chi connectivity index (χ0v) is 10.1. The summed E-state index contributed by atoms with van der Waals surface area (Å²) in [7, 11) is 0. The number of carboxylic acid groups (broad SMARTS) is 2. The van der Waals surface area contributed by atoms with Gasteiger partial charge in [0.15, 0.2) is 11.5 Å². The van der Waals surface area contributed by atoms with Crippen LogP contribution >= 0.6 is 0 Å². The zero-order chi connectivity index (χ0) is 13.8. The normalized spacial score (nSPS) is 25.4. The molecule has 6 nitrogen and oxygen atoms in total. The summed E-state index contributed by atoms with van der Waals surface area (Å²) in [5.74, 6) is -2.60. The van der Waals surface area contributed by atoms with Crippen LogP contribution in [0, 0.1) is 12.8 Å². The van der Waals surface area contributed by atoms with Gasteiger partial charge in [0.25, 0.3) is 0 Å². The lowest BCUT2D eigenvalue weighted by Crippen LogP contribution is -2.25. The van der Waals surface area contributed by atoms with Gasteiger partial charge in [0.1, 0.15) is 10.9 Å². The second kappa shape index (κ2) is 3.57. The van der Waals surface area contributed by atoms with E-state index in [1.807, 2.05) is 0 Å². The van der Waals surface area contributed by atoms with Crippen molar-refractivity contribution in [3.8, 4) is 0 Å². The first kappa shape index (κ1) is 11.7. The predicted molar refractivity (Wildman–Crippen MR) is 63.8 cm³/mol. The Hall–Kier alpha value is -2.37. The second-order valence-electron chi connectivity index (χ2n) is 4.79. The first-order valence-electron chi connectivity index (χ1n) is 5.79. The Morgan fingerprint density at radius 3 is 2.74 bits per heavy atom. The molecule has 0 radical (unpaired) electrons. The van der Waals surface area contributed by atoms with Crippen molar-refractivity contribution in [1.82, 2.24) is 4.98 Å². The second-order valence-corrected chi connectivity index (χ2v) is 4.79. The fourth-order valence-electron chi connectivity index (χ4n) is 2.56. The minimum atomic E-state index is -1.33. The fourth-order valence-corrected chi connectivity index (χ4v) is 2.56. The van der Waals surface area contributed by atoms with Gasteiger partial charge in [-0.2, -0.15) is 0 Å². The van der Waals surface area contributed by atoms with Gasteiger partial charge in [-0.05, 0) is 24.1 Å². The zero-order valence-electron chi connectivity index (χ0n) is 10.1. The van der Waals surface area contributed by atoms with E-state index in [1.165, 1.54) is 0 Å². The van der Waals surface area contributed by atoms with Crippen LogP contribution in [0.15, 0.2) is 22.6 Å². The van der Waals surface area contributed by atoms with Crippen molar-refractivity contribution in [1.29, 1.82) is 0 Å². The van der Waals surface area contributed by atoms with E-state index in [4.69, 9.17) is 9.52 Å². The van der Waals surface area contributed by atoms with Crippen molar-refractivity contribution in [3.63, 3.8) is 0 Å². The van der Waals surface area contributed by atoms with Crippen LogP contribution in [0.25, 0.3) is 11.1 Å². The van der Waals surface area contributed by atoms with Crippen LogP contribution in [-0.2, 0) is 15.0 Å². The van der Waals surface area contributed by atoms with E-state index in [0.29, 0.717) is 22.6 Å². The Bertz CT molecular complexity index is 704. The number of oxazole rings is 1. The van der Waals surface area contributed by atoms with E-state index in [1.54, 1.807) is 25.1 Å². The molecule has 3 rings (SSSR count). The standard InChI is InChI=1S/C13H11NO5/c1-6-14-9-3-2-7(4-10(9)19-6)13(12(17)18)5-8(13)11(15)16/h2-4,8H,5H2,1H3,(H,15,16)(H,17,18). The topological polar surface area (TPSA) is 101 Å². The highest BCUT2D eigenvalue weighted by molar-refractivity contribution is 5.95. The van der Waals surface area contributed by atoms with Gasteiger partial charge in [0, 0.05) is 6.92 Å². The van der Waals surface area contributed by atoms with E-state index in [-0.39, 0.29) is 6.42 Å². The number of benzene rings is 1. The molecule has 98 valence electrons. The summed E-state index contributed by atoms with van der Waals surface area (Å²) in [4.78, 5) is 26.6. The molecular weight excluding hydrogens is 250 g/mol. The fraction of sp³-hybridized carbons (Fsp3) is 0.308. The van der Waals surface area contributed by atoms with Crippen LogP contribution in [0.3, 0.4) is 0 Å². The quantitative estimate of drug-likeness (QED) is 0.869. The van der Waals surface area contributed by atoms with Crippen LogP contribution in [0.4, 0.5) is 0 Å². The first-order chi connectivity index (χ1) is 8.95. The Balaban J connectivity index is 2.12. The lowest BCUT2D eigenvalue weighted by atomic mass is 9.93. The van der Waals surface area contributed by atoms with Gasteiger partial charge in [-0.25, -0.2) is 4.98 Å². The van der Waals surface area contributed by atoms with E-state index < -0.39 is 23.3 Å². The number of hydrogen-bond acceptors (Lipinski definition) is 4. The molecule has 1 heterocycles. The van der Waals surface area contributed by atoms with Crippen LogP contribution < -0.4 is 0 Å². The lowest BCUT2D eigenvalue weighted by Gasteiger charge is -2.11. The molecule has 2 aromatic rings. The van der Waals surface area contributed by atoms with E-state index in [2.05, 4.69) is 4.98 Å². The van der Waals surface area contributed by atoms with Crippen LogP contribution in [0.2, 0.25) is 0 Å². The molecule has 2 N–H and O–H groups in total. The number of rotatable bonds is 3. The summed E-state index contributed by atoms with van der Waals surface area (Å²) in [5.41, 5.74) is 0.234. The maximum Gasteiger partial charge on any atom is 0.315 e. The van der Waals surface area contributed by atoms with Gasteiger partial charge in [-0.3, -0.25) is 9.59 Å². The molecule has 6 heteroatoms. The Kier molecular flexibility index (Phi) is 2.20. The number of fused-ring (bicyclic) bond motifs is 1. The smallest absolute Gasteiger partial charge is 0.315 e. The predicted octanol–water partition coefficient (Wildman–Crippen LogP) is 1.56. The van der Waals surface area contributed by atoms with E-state index >= 15 is 0 Å². The lowest BCUT2D eigenvalue weighted by molar-refractivity contribution is -0.145. The Labute approximate surface area is 107 Å². The Morgan fingerprint density at radius 1 is 1.42 bits per heavy atom. The van der Waals surface area contributed by atoms with Gasteiger partial charge in [-0.15, -0.1) is 0 Å². The molecule has 0 bridgehead atoms. The molecule has 19 heavy (non-hydrogen) atoms. The average molecular weight is 261 g/mol. The highest BCUT2D eigenvalue weighted by atomic mass is 16.4. The largest absolute Gasteiger partial charge is 0.481 e. The molecule has 0 aliphatic heterocycles. The number of aryl methyl sites for hydroxylation is 1. The van der Waals surface area contributed by atoms with Crippen molar-refractivity contribution in [2.24, 2.45) is 5.92 Å². The van der Waals surface area contributed by atoms with Crippen LogP contribution in [-0.4, -0.2) is 27.1 Å². The molecule has 1 aliphatic rings. The molecule has 2 atom stereocenters. The van der Waals surface area contributed by atoms with Crippen molar-refractivity contribution in [2.75, 3.05) is 0 Å². The molecule has 1 aromatic carbocycles. The minimum absolute atomic E-state index is 0.107. The third-order valence-corrected chi connectivity index (χ3v) is 3.65. The van der Waals surface area contributed by atoms with Gasteiger partial charge in [0.2, 0.25) is 0 Å². The third kappa shape index (κ3) is 1.53. The molecule has 0 amide bonds. The van der Waals surface area contributed by atoms with Crippen LogP contribution in [0.1, 0.15) is 17.9 Å². The number of carboxylic acids is 2. The minimum Gasteiger partial charge on any atom is -0.481 e. The summed E-state index contributed by atoms with van der Waals surface area (Å²) in [5, 5.41) is 18.4. The molecule has 1 fully saturated rings. The van der Waals surface area contributed by atoms with Gasteiger partial charge >= 0.3 is 11.9 Å². The average Bonchev–Trinajstić information content (AvgIpc) is 2.99. The molecule has 2 unspecified atom stereocenters. The molecular formula is C13H11NO5. The summed E-state index contributed by atoms with van der Waals surface area (Å²) < 4.78 is 5.36. The number of aromatic nitrogens is 1. The highest BCUT2D eigenvalue weighted by Gasteiger charge is 2.65. The Morgan fingerprint density at radius 2 is 2.16 bits per heavy atom. The van der Waals surface area contributed by atoms with Crippen molar-refractivity contribution >= 4 is 23.0 Å². The van der Waals surface area contributed by atoms with Crippen LogP contribution in [0.5, 0.6) is 0 Å². The van der Waals surface area contributed by atoms with Crippen molar-refractivity contribution in [3.05, 3.63) is 29.7 Å². The summed E-state index contributed by atoms with van der Waals surface area (Å²) >= 11 is 0. The number of hydrogen-bond donors (Lipinski definition) is 2. The molecule has 1 saturated carbocycles. The first-order valence-corrected chi connectivity index (χ1v) is 5.79. The van der Waals surface area contributed by atoms with Crippen molar-refractivity contribution < 1.29 is 24.2 Å². The van der Waals surface area contributed by atoms with Gasteiger partial charge in [0.05, 0.1) is 5.92 Å². The van der Waals surface area contributed by atoms with Gasteiger partial charge in [-0.1, -0.05) is 6.07 Å². The summed E-state index contributed by atoms with van der Waals surface area (Å²) in [6, 6.07) is 4.84. The maximum atomic E-state index is 11.4. The molecule has 1 aromatic heterocycles. The summed E-state index contributed by atoms with van der Waals surface area (Å²) in [6.45, 7) is 1.70. The maximum absolute atomic E-state index is 11.4. The molecule has 0 spiro atoms. The van der Waals surface area contributed by atoms with Crippen molar-refractivity contribution in [2.45, 2.75) is 18.8 Å².